The monoisotopic (exact) mass is 261 g/mol. The molecule has 0 saturated heterocycles. The van der Waals surface area contributed by atoms with Crippen LogP contribution >= 0.6 is 0 Å². The van der Waals surface area contributed by atoms with Gasteiger partial charge in [0.25, 0.3) is 0 Å². The largest absolute Gasteiger partial charge is 0.395 e. The molecule has 5 nitrogen and oxygen atoms in total. The molecule has 0 unspecified atom stereocenters. The number of benzene rings is 1. The number of nitrogens with zero attached hydrogens (tertiary/aromatic N) is 2. The molecular weight excluding hydrogens is 242 g/mol. The molecule has 0 aromatic heterocycles. The van der Waals surface area contributed by atoms with Crippen LogP contribution in [0.15, 0.2) is 29.4 Å². The van der Waals surface area contributed by atoms with Gasteiger partial charge in [-0.25, -0.2) is 5.43 Å². The van der Waals surface area contributed by atoms with Gasteiger partial charge in [-0.15, -0.1) is 0 Å². The van der Waals surface area contributed by atoms with E-state index in [2.05, 4.69) is 10.5 Å². The van der Waals surface area contributed by atoms with E-state index in [4.69, 9.17) is 5.11 Å². The first-order chi connectivity index (χ1) is 9.20. The summed E-state index contributed by atoms with van der Waals surface area (Å²) in [5, 5.41) is 12.8. The summed E-state index contributed by atoms with van der Waals surface area (Å²) in [7, 11) is 1.93. The predicted octanol–water partition coefficient (Wildman–Crippen LogP) is 0.975. The van der Waals surface area contributed by atoms with E-state index in [1.807, 2.05) is 36.2 Å². The van der Waals surface area contributed by atoms with E-state index in [0.717, 1.165) is 24.1 Å². The summed E-state index contributed by atoms with van der Waals surface area (Å²) in [5.41, 5.74) is 4.50. The highest BCUT2D eigenvalue weighted by molar-refractivity contribution is 5.84. The Morgan fingerprint density at radius 3 is 2.74 bits per heavy atom. The average molecular weight is 261 g/mol. The van der Waals surface area contributed by atoms with Crippen molar-refractivity contribution in [2.24, 2.45) is 11.0 Å². The van der Waals surface area contributed by atoms with Crippen LogP contribution in [0.2, 0.25) is 0 Å². The van der Waals surface area contributed by atoms with Crippen LogP contribution in [0.3, 0.4) is 0 Å². The van der Waals surface area contributed by atoms with Gasteiger partial charge in [0.15, 0.2) is 0 Å². The van der Waals surface area contributed by atoms with Crippen molar-refractivity contribution in [3.8, 4) is 0 Å². The maximum atomic E-state index is 11.4. The quantitative estimate of drug-likeness (QED) is 0.592. The van der Waals surface area contributed by atoms with Gasteiger partial charge in [0.1, 0.15) is 0 Å². The van der Waals surface area contributed by atoms with E-state index >= 15 is 0 Å². The minimum Gasteiger partial charge on any atom is -0.395 e. The summed E-state index contributed by atoms with van der Waals surface area (Å²) in [6.07, 6.45) is 3.59. The van der Waals surface area contributed by atoms with Crippen molar-refractivity contribution in [3.05, 3.63) is 29.8 Å². The first kappa shape index (κ1) is 13.5. The van der Waals surface area contributed by atoms with E-state index in [-0.39, 0.29) is 18.4 Å². The SMILES string of the molecule is CN(CCO)c1ccc(/C=N/NC(=O)C2CC2)cc1. The van der Waals surface area contributed by atoms with Crippen LogP contribution in [0.5, 0.6) is 0 Å². The van der Waals surface area contributed by atoms with Gasteiger partial charge in [-0.2, -0.15) is 5.10 Å². The second kappa shape index (κ2) is 6.33. The summed E-state index contributed by atoms with van der Waals surface area (Å²) in [6, 6.07) is 7.77. The molecule has 0 radical (unpaired) electrons. The number of hydrazone groups is 1. The molecule has 0 heterocycles. The summed E-state index contributed by atoms with van der Waals surface area (Å²) >= 11 is 0. The molecule has 0 spiro atoms. The summed E-state index contributed by atoms with van der Waals surface area (Å²) in [6.45, 7) is 0.734. The zero-order chi connectivity index (χ0) is 13.7. The molecule has 0 bridgehead atoms. The molecule has 0 aliphatic heterocycles. The number of carbonyl (C=O) groups is 1. The minimum absolute atomic E-state index is 0.00977. The summed E-state index contributed by atoms with van der Waals surface area (Å²) < 4.78 is 0. The van der Waals surface area contributed by atoms with Crippen molar-refractivity contribution in [2.75, 3.05) is 25.1 Å². The van der Waals surface area contributed by atoms with E-state index in [0.29, 0.717) is 6.54 Å². The lowest BCUT2D eigenvalue weighted by Gasteiger charge is -2.17. The lowest BCUT2D eigenvalue weighted by Crippen LogP contribution is -2.21. The molecule has 5 heteroatoms. The summed E-state index contributed by atoms with van der Waals surface area (Å²) in [4.78, 5) is 13.3. The van der Waals surface area contributed by atoms with Crippen molar-refractivity contribution in [3.63, 3.8) is 0 Å². The summed E-state index contributed by atoms with van der Waals surface area (Å²) in [5.74, 6) is 0.183. The van der Waals surface area contributed by atoms with Gasteiger partial charge < -0.3 is 10.0 Å². The Morgan fingerprint density at radius 1 is 1.47 bits per heavy atom. The smallest absolute Gasteiger partial charge is 0.243 e. The third-order valence-corrected chi connectivity index (χ3v) is 3.11. The zero-order valence-corrected chi connectivity index (χ0v) is 11.0. The number of hydrogen-bond acceptors (Lipinski definition) is 4. The number of aliphatic hydroxyl groups is 1. The van der Waals surface area contributed by atoms with Crippen LogP contribution in [-0.2, 0) is 4.79 Å². The molecule has 0 atom stereocenters. The fourth-order valence-electron chi connectivity index (χ4n) is 1.70. The highest BCUT2D eigenvalue weighted by Gasteiger charge is 2.29. The molecule has 1 amide bonds. The second-order valence-corrected chi connectivity index (χ2v) is 4.75. The van der Waals surface area contributed by atoms with Gasteiger partial charge in [0.2, 0.25) is 5.91 Å². The lowest BCUT2D eigenvalue weighted by atomic mass is 10.2. The number of rotatable bonds is 6. The van der Waals surface area contributed by atoms with E-state index in [1.54, 1.807) is 6.21 Å². The van der Waals surface area contributed by atoms with Crippen LogP contribution in [0.4, 0.5) is 5.69 Å². The number of aliphatic hydroxyl groups excluding tert-OH is 1. The Kier molecular flexibility index (Phi) is 4.52. The Bertz CT molecular complexity index is 452. The van der Waals surface area contributed by atoms with Crippen molar-refractivity contribution in [1.29, 1.82) is 0 Å². The third-order valence-electron chi connectivity index (χ3n) is 3.11. The Balaban J connectivity index is 1.87. The molecule has 1 fully saturated rings. The molecular formula is C14H19N3O2. The number of hydrogen-bond donors (Lipinski definition) is 2. The molecule has 2 rings (SSSR count). The number of nitrogens with one attached hydrogen (secondary N) is 1. The van der Waals surface area contributed by atoms with Crippen molar-refractivity contribution in [1.82, 2.24) is 5.43 Å². The normalized spacial score (nSPS) is 14.6. The lowest BCUT2D eigenvalue weighted by molar-refractivity contribution is -0.122. The topological polar surface area (TPSA) is 64.9 Å². The minimum atomic E-state index is 0.00977. The van der Waals surface area contributed by atoms with Gasteiger partial charge in [-0.1, -0.05) is 12.1 Å². The van der Waals surface area contributed by atoms with Crippen LogP contribution in [0.25, 0.3) is 0 Å². The number of anilines is 1. The first-order valence-electron chi connectivity index (χ1n) is 6.45. The maximum Gasteiger partial charge on any atom is 0.243 e. The maximum absolute atomic E-state index is 11.4. The van der Waals surface area contributed by atoms with E-state index < -0.39 is 0 Å². The van der Waals surface area contributed by atoms with Crippen molar-refractivity contribution < 1.29 is 9.90 Å². The van der Waals surface area contributed by atoms with Gasteiger partial charge in [-0.3, -0.25) is 4.79 Å². The Labute approximate surface area is 112 Å². The Hall–Kier alpha value is -1.88. The van der Waals surface area contributed by atoms with E-state index in [9.17, 15) is 4.79 Å². The van der Waals surface area contributed by atoms with Crippen LogP contribution in [0.1, 0.15) is 18.4 Å². The molecule has 1 aromatic carbocycles. The Morgan fingerprint density at radius 2 is 2.16 bits per heavy atom. The van der Waals surface area contributed by atoms with Crippen LogP contribution in [-0.4, -0.2) is 37.4 Å². The number of amides is 1. The van der Waals surface area contributed by atoms with Gasteiger partial charge >= 0.3 is 0 Å². The fourth-order valence-corrected chi connectivity index (χ4v) is 1.70. The molecule has 1 saturated carbocycles. The number of carbonyl (C=O) groups excluding carboxylic acids is 1. The highest BCUT2D eigenvalue weighted by Crippen LogP contribution is 2.28. The molecule has 1 aliphatic rings. The molecule has 19 heavy (non-hydrogen) atoms. The third kappa shape index (κ3) is 4.06. The van der Waals surface area contributed by atoms with Gasteiger partial charge in [0, 0.05) is 25.2 Å². The van der Waals surface area contributed by atoms with Crippen molar-refractivity contribution in [2.45, 2.75) is 12.8 Å². The average Bonchev–Trinajstić information content (AvgIpc) is 3.24. The highest BCUT2D eigenvalue weighted by atomic mass is 16.3. The predicted molar refractivity (Wildman–Crippen MR) is 75.3 cm³/mol. The first-order valence-corrected chi connectivity index (χ1v) is 6.45. The zero-order valence-electron chi connectivity index (χ0n) is 11.0. The molecule has 2 N–H and O–H groups in total. The van der Waals surface area contributed by atoms with Gasteiger partial charge in [0.05, 0.1) is 12.8 Å². The second-order valence-electron chi connectivity index (χ2n) is 4.75. The molecule has 1 aliphatic carbocycles. The van der Waals surface area contributed by atoms with Gasteiger partial charge in [-0.05, 0) is 30.5 Å². The van der Waals surface area contributed by atoms with Crippen LogP contribution < -0.4 is 10.3 Å². The molecule has 1 aromatic rings. The number of likely N-dealkylation sites (N-methyl/N-ethyl adjacent to an activating group) is 1. The fraction of sp³-hybridized carbons (Fsp3) is 0.429. The van der Waals surface area contributed by atoms with E-state index in [1.165, 1.54) is 0 Å². The molecule has 102 valence electrons. The van der Waals surface area contributed by atoms with Crippen LogP contribution in [0, 0.1) is 5.92 Å². The standard InChI is InChI=1S/C14H19N3O2/c1-17(8-9-18)13-6-2-11(3-7-13)10-15-16-14(19)12-4-5-12/h2-3,6-7,10,12,18H,4-5,8-9H2,1H3,(H,16,19)/b15-10+. The van der Waals surface area contributed by atoms with Crippen molar-refractivity contribution >= 4 is 17.8 Å².